The second kappa shape index (κ2) is 21.2. The lowest BCUT2D eigenvalue weighted by atomic mass is 9.81. The van der Waals surface area contributed by atoms with Gasteiger partial charge < -0.3 is 47.9 Å². The highest BCUT2D eigenvalue weighted by Gasteiger charge is 2.41. The Morgan fingerprint density at radius 1 is 0.878 bits per heavy atom. The van der Waals surface area contributed by atoms with E-state index in [-0.39, 0.29) is 36.4 Å². The maximum Gasteiger partial charge on any atom is 0.288 e. The third-order valence-electron chi connectivity index (χ3n) is 8.48. The second-order valence-electron chi connectivity index (χ2n) is 11.6. The zero-order valence-electron chi connectivity index (χ0n) is 29.1. The summed E-state index contributed by atoms with van der Waals surface area (Å²) >= 11 is 0. The second-order valence-corrected chi connectivity index (χ2v) is 11.6. The summed E-state index contributed by atoms with van der Waals surface area (Å²) in [5.41, 5.74) is 1.88. The number of para-hydroxylation sites is 1. The van der Waals surface area contributed by atoms with Crippen LogP contribution in [0.1, 0.15) is 30.5 Å². The maximum absolute atomic E-state index is 14.3. The predicted molar refractivity (Wildman–Crippen MR) is 180 cm³/mol. The topological polar surface area (TPSA) is 141 Å². The summed E-state index contributed by atoms with van der Waals surface area (Å²) in [6.45, 7) is 9.18. The van der Waals surface area contributed by atoms with Crippen molar-refractivity contribution in [1.29, 1.82) is 0 Å². The molecule has 2 aliphatic rings. The quantitative estimate of drug-likeness (QED) is 0.308. The normalized spacial score (nSPS) is 21.8. The molecule has 0 bridgehead atoms. The molecule has 1 fully saturated rings. The molecule has 2 aliphatic heterocycles. The highest BCUT2D eigenvalue weighted by atomic mass is 16.7. The molecular formula is C35H53N3O11. The summed E-state index contributed by atoms with van der Waals surface area (Å²) in [7, 11) is 1.85. The highest BCUT2D eigenvalue weighted by Crippen LogP contribution is 2.39. The molecule has 49 heavy (non-hydrogen) atoms. The molecule has 1 aromatic carbocycles. The summed E-state index contributed by atoms with van der Waals surface area (Å²) in [6, 6.07) is 9.46. The fraction of sp³-hybridized carbons (Fsp3) is 0.657. The predicted octanol–water partition coefficient (Wildman–Crippen LogP) is 1.79. The molecule has 3 atom stereocenters. The van der Waals surface area contributed by atoms with Crippen LogP contribution in [0.5, 0.6) is 0 Å². The smallest absolute Gasteiger partial charge is 0.288 e. The number of nitrogens with zero attached hydrogens (tertiary/aromatic N) is 3. The molecule has 3 heterocycles. The standard InChI is InChI=1S/C35H53N3O11/c1-4-48-35-29(10-14-42-18-21-45-17-13-39)30(32-27(2)36(3)38(34(32)41)28-8-6-5-7-9-28)26-31(49-35)33(40)37-11-15-43-19-22-46-24-25-47-23-20-44-16-12-37/h5-9,26,29-30,35,39H,4,10-25H2,1-3H3. The number of aliphatic hydroxyl groups is 1. The van der Waals surface area contributed by atoms with Crippen LogP contribution in [0.25, 0.3) is 5.69 Å². The number of amides is 1. The van der Waals surface area contributed by atoms with E-state index < -0.39 is 12.2 Å². The van der Waals surface area contributed by atoms with Crippen LogP contribution in [0.3, 0.4) is 0 Å². The SMILES string of the molecule is CCOC1OC(C(=O)N2CCOCCOCCOCCOCC2)=CC(c2c(C)n(C)n(-c3ccccc3)c2=O)C1CCOCCOCCO. The molecule has 0 radical (unpaired) electrons. The third-order valence-corrected chi connectivity index (χ3v) is 8.48. The van der Waals surface area contributed by atoms with Crippen molar-refractivity contribution < 1.29 is 47.8 Å². The Morgan fingerprint density at radius 3 is 2.06 bits per heavy atom. The summed E-state index contributed by atoms with van der Waals surface area (Å²) in [5, 5.41) is 8.96. The number of hydrogen-bond donors (Lipinski definition) is 1. The number of aliphatic hydroxyl groups excluding tert-OH is 1. The van der Waals surface area contributed by atoms with E-state index in [0.29, 0.717) is 104 Å². The summed E-state index contributed by atoms with van der Waals surface area (Å²) in [4.78, 5) is 30.1. The Bertz CT molecular complexity index is 1330. The number of carbonyl (C=O) groups excluding carboxylic acids is 1. The van der Waals surface area contributed by atoms with E-state index in [1.165, 1.54) is 0 Å². The fourth-order valence-electron chi connectivity index (χ4n) is 5.93. The van der Waals surface area contributed by atoms with Crippen molar-refractivity contribution in [3.63, 3.8) is 0 Å². The van der Waals surface area contributed by atoms with Crippen molar-refractivity contribution >= 4 is 5.91 Å². The molecule has 0 saturated carbocycles. The average molecular weight is 692 g/mol. The van der Waals surface area contributed by atoms with Crippen LogP contribution in [-0.4, -0.2) is 137 Å². The van der Waals surface area contributed by atoms with Crippen molar-refractivity contribution in [3.05, 3.63) is 63.8 Å². The van der Waals surface area contributed by atoms with Crippen LogP contribution in [-0.2, 0) is 49.7 Å². The van der Waals surface area contributed by atoms with Gasteiger partial charge in [0.2, 0.25) is 6.29 Å². The number of ether oxygens (including phenoxy) is 8. The first-order chi connectivity index (χ1) is 24.0. The van der Waals surface area contributed by atoms with Gasteiger partial charge in [0, 0.05) is 56.4 Å². The van der Waals surface area contributed by atoms with Crippen molar-refractivity contribution in [3.8, 4) is 5.69 Å². The monoisotopic (exact) mass is 691 g/mol. The third kappa shape index (κ3) is 11.2. The van der Waals surface area contributed by atoms with Gasteiger partial charge in [-0.25, -0.2) is 4.68 Å². The first-order valence-electron chi connectivity index (χ1n) is 17.2. The molecule has 14 heteroatoms. The Balaban J connectivity index is 1.65. The average Bonchev–Trinajstić information content (AvgIpc) is 3.32. The van der Waals surface area contributed by atoms with E-state index in [1.807, 2.05) is 55.9 Å². The zero-order chi connectivity index (χ0) is 34.8. The summed E-state index contributed by atoms with van der Waals surface area (Å²) in [6.07, 6.45) is 1.44. The number of rotatable bonds is 13. The summed E-state index contributed by atoms with van der Waals surface area (Å²) in [5.74, 6) is -1.10. The minimum Gasteiger partial charge on any atom is -0.459 e. The van der Waals surface area contributed by atoms with E-state index in [2.05, 4.69) is 0 Å². The van der Waals surface area contributed by atoms with E-state index in [4.69, 9.17) is 43.0 Å². The van der Waals surface area contributed by atoms with Gasteiger partial charge in [0.05, 0.1) is 85.0 Å². The molecule has 3 unspecified atom stereocenters. The molecule has 0 aliphatic carbocycles. The van der Waals surface area contributed by atoms with Crippen molar-refractivity contribution in [2.45, 2.75) is 32.5 Å². The van der Waals surface area contributed by atoms with Gasteiger partial charge in [0.15, 0.2) is 5.76 Å². The van der Waals surface area contributed by atoms with Crippen LogP contribution in [0.2, 0.25) is 0 Å². The molecule has 274 valence electrons. The molecule has 1 saturated heterocycles. The van der Waals surface area contributed by atoms with Crippen LogP contribution in [0, 0.1) is 12.8 Å². The Kier molecular flexibility index (Phi) is 16.8. The maximum atomic E-state index is 14.3. The lowest BCUT2D eigenvalue weighted by Gasteiger charge is -2.37. The van der Waals surface area contributed by atoms with E-state index in [0.717, 1.165) is 11.4 Å². The first kappa shape index (κ1) is 38.7. The zero-order valence-corrected chi connectivity index (χ0v) is 29.1. The Hall–Kier alpha value is -3.08. The van der Waals surface area contributed by atoms with Gasteiger partial charge in [-0.2, -0.15) is 0 Å². The van der Waals surface area contributed by atoms with Crippen LogP contribution in [0.4, 0.5) is 0 Å². The number of benzene rings is 1. The lowest BCUT2D eigenvalue weighted by Crippen LogP contribution is -2.43. The molecule has 14 nitrogen and oxygen atoms in total. The van der Waals surface area contributed by atoms with Crippen LogP contribution < -0.4 is 5.56 Å². The fourth-order valence-corrected chi connectivity index (χ4v) is 5.93. The van der Waals surface area contributed by atoms with Crippen molar-refractivity contribution in [2.75, 3.05) is 106 Å². The Morgan fingerprint density at radius 2 is 1.47 bits per heavy atom. The largest absolute Gasteiger partial charge is 0.459 e. The molecule has 1 aromatic heterocycles. The Labute approximate surface area is 288 Å². The molecule has 1 N–H and O–H groups in total. The molecule has 2 aromatic rings. The van der Waals surface area contributed by atoms with Gasteiger partial charge in [-0.3, -0.25) is 14.3 Å². The van der Waals surface area contributed by atoms with E-state index in [9.17, 15) is 9.59 Å². The first-order valence-corrected chi connectivity index (χ1v) is 17.2. The van der Waals surface area contributed by atoms with E-state index in [1.54, 1.807) is 15.7 Å². The van der Waals surface area contributed by atoms with Crippen LogP contribution in [0.15, 0.2) is 47.0 Å². The molecule has 0 spiro atoms. The lowest BCUT2D eigenvalue weighted by molar-refractivity contribution is -0.172. The molecule has 1 amide bonds. The van der Waals surface area contributed by atoms with Gasteiger partial charge in [-0.15, -0.1) is 0 Å². The van der Waals surface area contributed by atoms with Gasteiger partial charge >= 0.3 is 0 Å². The number of allylic oxidation sites excluding steroid dienone is 1. The van der Waals surface area contributed by atoms with Gasteiger partial charge in [0.1, 0.15) is 0 Å². The van der Waals surface area contributed by atoms with Gasteiger partial charge in [-0.05, 0) is 38.5 Å². The summed E-state index contributed by atoms with van der Waals surface area (Å²) < 4.78 is 49.7. The number of hydrogen-bond acceptors (Lipinski definition) is 11. The van der Waals surface area contributed by atoms with Crippen molar-refractivity contribution in [2.24, 2.45) is 13.0 Å². The minimum atomic E-state index is -0.817. The van der Waals surface area contributed by atoms with Crippen LogP contribution >= 0.6 is 0 Å². The minimum absolute atomic E-state index is 0.0527. The molecule has 4 rings (SSSR count). The van der Waals surface area contributed by atoms with Gasteiger partial charge in [-0.1, -0.05) is 18.2 Å². The highest BCUT2D eigenvalue weighted by molar-refractivity contribution is 5.91. The van der Waals surface area contributed by atoms with Crippen molar-refractivity contribution in [1.82, 2.24) is 14.3 Å². The molecular weight excluding hydrogens is 638 g/mol. The van der Waals surface area contributed by atoms with E-state index >= 15 is 0 Å². The number of aromatic nitrogens is 2. The van der Waals surface area contributed by atoms with Gasteiger partial charge in [0.25, 0.3) is 11.5 Å². The number of carbonyl (C=O) groups is 1.